The first kappa shape index (κ1) is 12.0. The van der Waals surface area contributed by atoms with E-state index in [-0.39, 0.29) is 17.8 Å². The number of halogens is 3. The van der Waals surface area contributed by atoms with Gasteiger partial charge in [-0.3, -0.25) is 0 Å². The van der Waals surface area contributed by atoms with Gasteiger partial charge in [-0.1, -0.05) is 6.92 Å². The van der Waals surface area contributed by atoms with E-state index in [1.54, 1.807) is 6.92 Å². The van der Waals surface area contributed by atoms with E-state index >= 15 is 0 Å². The van der Waals surface area contributed by atoms with E-state index in [0.717, 1.165) is 0 Å². The van der Waals surface area contributed by atoms with Crippen LogP contribution in [0.15, 0.2) is 0 Å². The number of rotatable bonds is 4. The second-order valence-corrected chi connectivity index (χ2v) is 4.35. The van der Waals surface area contributed by atoms with Crippen LogP contribution < -0.4 is 0 Å². The molecule has 74 valence electrons. The zero-order valence-corrected chi connectivity index (χ0v) is 7.72. The van der Waals surface area contributed by atoms with Crippen LogP contribution in [0, 0.1) is 0 Å². The Morgan fingerprint density at radius 3 is 2.25 bits per heavy atom. The van der Waals surface area contributed by atoms with Crippen molar-refractivity contribution < 1.29 is 25.2 Å². The maximum atomic E-state index is 11.5. The summed E-state index contributed by atoms with van der Waals surface area (Å²) in [5.41, 5.74) is -5.33. The zero-order valence-electron chi connectivity index (χ0n) is 6.09. The van der Waals surface area contributed by atoms with E-state index in [0.29, 0.717) is 6.42 Å². The molecule has 3 nitrogen and oxygen atoms in total. The maximum absolute atomic E-state index is 11.5. The molecule has 0 rings (SSSR count). The Morgan fingerprint density at radius 1 is 1.42 bits per heavy atom. The predicted molar refractivity (Wildman–Crippen MR) is 38.8 cm³/mol. The van der Waals surface area contributed by atoms with Crippen LogP contribution in [0.2, 0.25) is 0 Å². The minimum Gasteiger partial charge on any atom is -0.191 e. The molecular weight excluding hydrogens is 217 g/mol. The van der Waals surface area contributed by atoms with Crippen LogP contribution >= 0.6 is 12.0 Å². The van der Waals surface area contributed by atoms with Crippen LogP contribution in [-0.2, 0) is 13.7 Å². The van der Waals surface area contributed by atoms with Crippen molar-refractivity contribution in [3.05, 3.63) is 0 Å². The predicted octanol–water partition coefficient (Wildman–Crippen LogP) is 1.91. The van der Waals surface area contributed by atoms with Crippen molar-refractivity contribution in [2.75, 3.05) is 5.75 Å². The molecule has 0 aliphatic rings. The van der Waals surface area contributed by atoms with E-state index in [1.807, 2.05) is 0 Å². The SMILES string of the molecule is CCCSOS(=O)(=O)C(F)(F)F. The van der Waals surface area contributed by atoms with Gasteiger partial charge in [0.2, 0.25) is 0 Å². The van der Waals surface area contributed by atoms with Crippen molar-refractivity contribution in [2.24, 2.45) is 0 Å². The molecule has 0 radical (unpaired) electrons. The molecule has 0 bridgehead atoms. The minimum absolute atomic E-state index is 0.204. The van der Waals surface area contributed by atoms with E-state index in [2.05, 4.69) is 3.63 Å². The fourth-order valence-electron chi connectivity index (χ4n) is 0.219. The average molecular weight is 224 g/mol. The first-order chi connectivity index (χ1) is 5.31. The second-order valence-electron chi connectivity index (χ2n) is 1.79. The van der Waals surface area contributed by atoms with Gasteiger partial charge >= 0.3 is 15.6 Å². The summed E-state index contributed by atoms with van der Waals surface area (Å²) in [5.74, 6) is 0.204. The first-order valence-electron chi connectivity index (χ1n) is 2.93. The Balaban J connectivity index is 4.08. The zero-order chi connectivity index (χ0) is 9.83. The smallest absolute Gasteiger partial charge is 0.191 e. The quantitative estimate of drug-likeness (QED) is 0.415. The van der Waals surface area contributed by atoms with Crippen LogP contribution in [0.1, 0.15) is 13.3 Å². The highest BCUT2D eigenvalue weighted by Crippen LogP contribution is 2.27. The van der Waals surface area contributed by atoms with E-state index < -0.39 is 15.6 Å². The van der Waals surface area contributed by atoms with Gasteiger partial charge in [0.1, 0.15) is 0 Å². The fourth-order valence-corrected chi connectivity index (χ4v) is 1.47. The summed E-state index contributed by atoms with van der Waals surface area (Å²) in [7, 11) is -5.41. The van der Waals surface area contributed by atoms with Crippen LogP contribution in [0.3, 0.4) is 0 Å². The molecule has 0 aliphatic carbocycles. The molecule has 0 heterocycles. The van der Waals surface area contributed by atoms with Crippen LogP contribution in [0.25, 0.3) is 0 Å². The van der Waals surface area contributed by atoms with Crippen molar-refractivity contribution in [3.8, 4) is 0 Å². The van der Waals surface area contributed by atoms with Gasteiger partial charge < -0.3 is 0 Å². The van der Waals surface area contributed by atoms with Crippen LogP contribution in [0.4, 0.5) is 13.2 Å². The molecule has 12 heavy (non-hydrogen) atoms. The average Bonchev–Trinajstić information content (AvgIpc) is 1.85. The molecule has 0 N–H and O–H groups in total. The first-order valence-corrected chi connectivity index (χ1v) is 5.25. The van der Waals surface area contributed by atoms with Gasteiger partial charge in [0.25, 0.3) is 0 Å². The Hall–Kier alpha value is 0.0500. The van der Waals surface area contributed by atoms with E-state index in [9.17, 15) is 21.6 Å². The lowest BCUT2D eigenvalue weighted by Crippen LogP contribution is -2.23. The third-order valence-electron chi connectivity index (χ3n) is 0.709. The van der Waals surface area contributed by atoms with Gasteiger partial charge in [0, 0.05) is 17.8 Å². The molecule has 0 spiro atoms. The van der Waals surface area contributed by atoms with Crippen molar-refractivity contribution in [1.29, 1.82) is 0 Å². The van der Waals surface area contributed by atoms with Crippen LogP contribution in [0.5, 0.6) is 0 Å². The normalized spacial score (nSPS) is 13.3. The largest absolute Gasteiger partial charge is 0.524 e. The molecule has 0 aromatic rings. The maximum Gasteiger partial charge on any atom is 0.524 e. The highest BCUT2D eigenvalue weighted by molar-refractivity contribution is 8.04. The lowest BCUT2D eigenvalue weighted by molar-refractivity contribution is -0.0494. The standard InChI is InChI=1S/C4H7F3O3S2/c1-2-3-11-10-12(8,9)4(5,6)7/h2-3H2,1H3. The molecule has 0 saturated heterocycles. The number of hydrogen-bond donors (Lipinski definition) is 0. The van der Waals surface area contributed by atoms with E-state index in [4.69, 9.17) is 0 Å². The summed E-state index contributed by atoms with van der Waals surface area (Å²) >= 11 is 0.279. The summed E-state index contributed by atoms with van der Waals surface area (Å²) in [4.78, 5) is 0. The summed E-state index contributed by atoms with van der Waals surface area (Å²) < 4.78 is 58.5. The molecule has 0 aromatic carbocycles. The fraction of sp³-hybridized carbons (Fsp3) is 1.00. The summed E-state index contributed by atoms with van der Waals surface area (Å²) in [6, 6.07) is 0. The number of alkyl halides is 3. The lowest BCUT2D eigenvalue weighted by atomic mass is 10.6. The van der Waals surface area contributed by atoms with Gasteiger partial charge in [0.15, 0.2) is 0 Å². The topological polar surface area (TPSA) is 43.4 Å². The summed E-state index contributed by atoms with van der Waals surface area (Å²) in [6.45, 7) is 1.69. The molecule has 0 aliphatic heterocycles. The molecule has 0 saturated carbocycles. The van der Waals surface area contributed by atoms with Gasteiger partial charge in [-0.2, -0.15) is 25.2 Å². The Kier molecular flexibility index (Phi) is 4.35. The van der Waals surface area contributed by atoms with Gasteiger partial charge in [-0.15, -0.1) is 0 Å². The Bertz CT molecular complexity index is 220. The summed E-state index contributed by atoms with van der Waals surface area (Å²) in [5, 5.41) is 0. The van der Waals surface area contributed by atoms with Crippen molar-refractivity contribution in [1.82, 2.24) is 0 Å². The monoisotopic (exact) mass is 224 g/mol. The van der Waals surface area contributed by atoms with Crippen molar-refractivity contribution in [2.45, 2.75) is 18.9 Å². The second kappa shape index (κ2) is 4.33. The number of hydrogen-bond acceptors (Lipinski definition) is 4. The van der Waals surface area contributed by atoms with Crippen LogP contribution in [-0.4, -0.2) is 19.7 Å². The molecule has 0 fully saturated rings. The Morgan fingerprint density at radius 2 is 1.92 bits per heavy atom. The molecule has 0 atom stereocenters. The van der Waals surface area contributed by atoms with Gasteiger partial charge in [0.05, 0.1) is 0 Å². The molecule has 0 unspecified atom stereocenters. The van der Waals surface area contributed by atoms with Crippen molar-refractivity contribution >= 4 is 22.2 Å². The van der Waals surface area contributed by atoms with Gasteiger partial charge in [-0.05, 0) is 6.42 Å². The third-order valence-corrected chi connectivity index (χ3v) is 2.95. The van der Waals surface area contributed by atoms with Gasteiger partial charge in [-0.25, -0.2) is 0 Å². The third kappa shape index (κ3) is 3.63. The molecule has 8 heteroatoms. The van der Waals surface area contributed by atoms with Crippen molar-refractivity contribution in [3.63, 3.8) is 0 Å². The lowest BCUT2D eigenvalue weighted by Gasteiger charge is -2.05. The molecule has 0 amide bonds. The highest BCUT2D eigenvalue weighted by Gasteiger charge is 2.47. The molecular formula is C4H7F3O3S2. The molecule has 0 aromatic heterocycles. The highest BCUT2D eigenvalue weighted by atomic mass is 32.3. The Labute approximate surface area is 72.6 Å². The van der Waals surface area contributed by atoms with E-state index in [1.165, 1.54) is 0 Å². The minimum atomic E-state index is -5.41. The summed E-state index contributed by atoms with van der Waals surface area (Å²) in [6.07, 6.45) is 0.540.